The van der Waals surface area contributed by atoms with E-state index < -0.39 is 17.4 Å². The van der Waals surface area contributed by atoms with Gasteiger partial charge in [0.15, 0.2) is 0 Å². The smallest absolute Gasteiger partial charge is 0.309 e. The minimum Gasteiger partial charge on any atom is -0.481 e. The van der Waals surface area contributed by atoms with Crippen molar-refractivity contribution in [3.8, 4) is 0 Å². The second-order valence-corrected chi connectivity index (χ2v) is 8.33. The molecule has 0 aromatic rings. The van der Waals surface area contributed by atoms with Gasteiger partial charge in [0.05, 0.1) is 16.9 Å². The molecule has 5 nitrogen and oxygen atoms in total. The van der Waals surface area contributed by atoms with Crippen LogP contribution < -0.4 is 0 Å². The highest BCUT2D eigenvalue weighted by atomic mass is 16.5. The molecule has 1 atom stereocenters. The van der Waals surface area contributed by atoms with Crippen LogP contribution in [0.15, 0.2) is 0 Å². The molecule has 5 heteroatoms. The van der Waals surface area contributed by atoms with Crippen molar-refractivity contribution in [3.05, 3.63) is 0 Å². The molecule has 0 aromatic heterocycles. The van der Waals surface area contributed by atoms with E-state index in [1.165, 1.54) is 0 Å². The molecule has 1 aliphatic rings. The number of rotatable bonds is 15. The Balaban J connectivity index is 2.04. The van der Waals surface area contributed by atoms with E-state index >= 15 is 0 Å². The molecule has 0 saturated heterocycles. The van der Waals surface area contributed by atoms with Gasteiger partial charge in [-0.3, -0.25) is 9.59 Å². The molecule has 0 aliphatic heterocycles. The van der Waals surface area contributed by atoms with Crippen molar-refractivity contribution in [2.45, 2.75) is 97.0 Å². The van der Waals surface area contributed by atoms with Crippen molar-refractivity contribution in [2.24, 2.45) is 10.8 Å². The van der Waals surface area contributed by atoms with E-state index in [0.717, 1.165) is 70.6 Å². The van der Waals surface area contributed by atoms with E-state index in [9.17, 15) is 9.59 Å². The van der Waals surface area contributed by atoms with Crippen LogP contribution in [0.1, 0.15) is 90.9 Å². The fourth-order valence-electron chi connectivity index (χ4n) is 3.34. The van der Waals surface area contributed by atoms with Crippen molar-refractivity contribution in [1.82, 2.24) is 0 Å². The normalized spacial score (nSPS) is 17.2. The number of carboxylic acids is 2. The largest absolute Gasteiger partial charge is 0.481 e. The molecule has 0 heterocycles. The van der Waals surface area contributed by atoms with Gasteiger partial charge in [0.2, 0.25) is 0 Å². The first kappa shape index (κ1) is 21.9. The Bertz CT molecular complexity index is 400. The lowest BCUT2D eigenvalue weighted by atomic mass is 9.87. The monoisotopic (exact) mass is 356 g/mol. The Morgan fingerprint density at radius 3 is 2.00 bits per heavy atom. The SMILES string of the molecule is COC(CCCCCC(C)(C)C(=O)O)CCCCCC1(C(=O)O)CC1. The fourth-order valence-corrected chi connectivity index (χ4v) is 3.34. The first-order valence-electron chi connectivity index (χ1n) is 9.73. The van der Waals surface area contributed by atoms with Crippen molar-refractivity contribution in [2.75, 3.05) is 7.11 Å². The summed E-state index contributed by atoms with van der Waals surface area (Å²) >= 11 is 0. The zero-order chi connectivity index (χ0) is 18.9. The van der Waals surface area contributed by atoms with E-state index in [4.69, 9.17) is 14.9 Å². The average molecular weight is 357 g/mol. The van der Waals surface area contributed by atoms with Gasteiger partial charge in [0.1, 0.15) is 0 Å². The Morgan fingerprint density at radius 2 is 1.56 bits per heavy atom. The van der Waals surface area contributed by atoms with Crippen LogP contribution in [0.3, 0.4) is 0 Å². The standard InChI is InChI=1S/C20H36O5/c1-19(2,17(21)22)12-8-4-6-10-16(25-3)11-7-5-9-13-20(14-15-20)18(23)24/h16H,4-15H2,1-3H3,(H,21,22)(H,23,24). The van der Waals surface area contributed by atoms with Crippen LogP contribution in [0.2, 0.25) is 0 Å². The van der Waals surface area contributed by atoms with Crippen LogP contribution >= 0.6 is 0 Å². The summed E-state index contributed by atoms with van der Waals surface area (Å²) < 4.78 is 5.55. The van der Waals surface area contributed by atoms with Gasteiger partial charge in [-0.25, -0.2) is 0 Å². The third kappa shape index (κ3) is 7.76. The Kier molecular flexibility index (Phi) is 8.91. The Labute approximate surface area is 152 Å². The van der Waals surface area contributed by atoms with Gasteiger partial charge in [-0.1, -0.05) is 38.5 Å². The van der Waals surface area contributed by atoms with Crippen molar-refractivity contribution in [1.29, 1.82) is 0 Å². The number of hydrogen-bond donors (Lipinski definition) is 2. The quantitative estimate of drug-likeness (QED) is 0.409. The molecule has 1 saturated carbocycles. The Morgan fingerprint density at radius 1 is 1.00 bits per heavy atom. The van der Waals surface area contributed by atoms with Crippen LogP contribution in [-0.2, 0) is 14.3 Å². The molecule has 0 bridgehead atoms. The molecule has 0 amide bonds. The van der Waals surface area contributed by atoms with E-state index in [-0.39, 0.29) is 11.5 Å². The molecular weight excluding hydrogens is 320 g/mol. The minimum absolute atomic E-state index is 0.266. The average Bonchev–Trinajstić information content (AvgIpc) is 3.33. The topological polar surface area (TPSA) is 83.8 Å². The van der Waals surface area contributed by atoms with Gasteiger partial charge < -0.3 is 14.9 Å². The number of methoxy groups -OCH3 is 1. The number of unbranched alkanes of at least 4 members (excludes halogenated alkanes) is 4. The van der Waals surface area contributed by atoms with Crippen molar-refractivity contribution < 1.29 is 24.5 Å². The van der Waals surface area contributed by atoms with Crippen molar-refractivity contribution >= 4 is 11.9 Å². The lowest BCUT2D eigenvalue weighted by Gasteiger charge is -2.19. The molecule has 0 aromatic carbocycles. The van der Waals surface area contributed by atoms with Gasteiger partial charge >= 0.3 is 11.9 Å². The van der Waals surface area contributed by atoms with Gasteiger partial charge in [-0.15, -0.1) is 0 Å². The van der Waals surface area contributed by atoms with Crippen LogP contribution in [0, 0.1) is 10.8 Å². The van der Waals surface area contributed by atoms with Gasteiger partial charge in [0.25, 0.3) is 0 Å². The highest BCUT2D eigenvalue weighted by Crippen LogP contribution is 2.50. The number of carbonyl (C=O) groups is 2. The predicted molar refractivity (Wildman–Crippen MR) is 97.7 cm³/mol. The summed E-state index contributed by atoms with van der Waals surface area (Å²) in [5, 5.41) is 18.3. The summed E-state index contributed by atoms with van der Waals surface area (Å²) in [6.45, 7) is 3.56. The van der Waals surface area contributed by atoms with Gasteiger partial charge in [-0.05, 0) is 52.4 Å². The predicted octanol–water partition coefficient (Wildman–Crippen LogP) is 4.88. The highest BCUT2D eigenvalue weighted by Gasteiger charge is 2.49. The molecule has 1 rings (SSSR count). The third-order valence-corrected chi connectivity index (χ3v) is 5.73. The minimum atomic E-state index is -0.724. The summed E-state index contributed by atoms with van der Waals surface area (Å²) in [5.74, 6) is -1.34. The molecular formula is C20H36O5. The summed E-state index contributed by atoms with van der Waals surface area (Å²) in [7, 11) is 1.75. The zero-order valence-corrected chi connectivity index (χ0v) is 16.2. The molecule has 2 N–H and O–H groups in total. The maximum atomic E-state index is 11.1. The summed E-state index contributed by atoms with van der Waals surface area (Å²) in [4.78, 5) is 22.2. The van der Waals surface area contributed by atoms with E-state index in [0.29, 0.717) is 6.42 Å². The molecule has 1 fully saturated rings. The van der Waals surface area contributed by atoms with Gasteiger partial charge in [0, 0.05) is 7.11 Å². The molecule has 0 spiro atoms. The summed E-state index contributed by atoms with van der Waals surface area (Å²) in [5.41, 5.74) is -1.01. The van der Waals surface area contributed by atoms with E-state index in [2.05, 4.69) is 0 Å². The maximum absolute atomic E-state index is 11.1. The second-order valence-electron chi connectivity index (χ2n) is 8.33. The lowest BCUT2D eigenvalue weighted by molar-refractivity contribution is -0.147. The van der Waals surface area contributed by atoms with Crippen LogP contribution in [0.5, 0.6) is 0 Å². The summed E-state index contributed by atoms with van der Waals surface area (Å²) in [6, 6.07) is 0. The lowest BCUT2D eigenvalue weighted by Crippen LogP contribution is -2.23. The van der Waals surface area contributed by atoms with E-state index in [1.54, 1.807) is 21.0 Å². The first-order chi connectivity index (χ1) is 11.7. The maximum Gasteiger partial charge on any atom is 0.309 e. The number of carboxylic acid groups (broad SMARTS) is 2. The fraction of sp³-hybridized carbons (Fsp3) is 0.900. The zero-order valence-electron chi connectivity index (χ0n) is 16.2. The molecule has 1 unspecified atom stereocenters. The van der Waals surface area contributed by atoms with Crippen LogP contribution in [-0.4, -0.2) is 35.4 Å². The highest BCUT2D eigenvalue weighted by molar-refractivity contribution is 5.77. The number of aliphatic carboxylic acids is 2. The van der Waals surface area contributed by atoms with E-state index in [1.807, 2.05) is 0 Å². The summed E-state index contributed by atoms with van der Waals surface area (Å²) in [6.07, 6.45) is 11.7. The second kappa shape index (κ2) is 10.1. The molecule has 146 valence electrons. The van der Waals surface area contributed by atoms with Gasteiger partial charge in [-0.2, -0.15) is 0 Å². The van der Waals surface area contributed by atoms with Crippen LogP contribution in [0.4, 0.5) is 0 Å². The first-order valence-corrected chi connectivity index (χ1v) is 9.73. The Hall–Kier alpha value is -1.10. The number of ether oxygens (including phenoxy) is 1. The molecule has 0 radical (unpaired) electrons. The molecule has 1 aliphatic carbocycles. The van der Waals surface area contributed by atoms with Crippen molar-refractivity contribution in [3.63, 3.8) is 0 Å². The number of hydrogen-bond acceptors (Lipinski definition) is 3. The van der Waals surface area contributed by atoms with Crippen LogP contribution in [0.25, 0.3) is 0 Å². The third-order valence-electron chi connectivity index (χ3n) is 5.73. The molecule has 25 heavy (non-hydrogen) atoms.